The lowest BCUT2D eigenvalue weighted by molar-refractivity contribution is -0.126. The summed E-state index contributed by atoms with van der Waals surface area (Å²) in [6.07, 6.45) is -0.894. The summed E-state index contributed by atoms with van der Waals surface area (Å²) in [5.74, 6) is -0.817. The molecular formula is C12H15FN2O3. The van der Waals surface area contributed by atoms with Gasteiger partial charge in [0.05, 0.1) is 0 Å². The first kappa shape index (κ1) is 14.0. The molecule has 0 spiro atoms. The van der Waals surface area contributed by atoms with Crippen LogP contribution in [0.3, 0.4) is 0 Å². The Balaban J connectivity index is 2.52. The molecule has 0 radical (unpaired) electrons. The van der Waals surface area contributed by atoms with E-state index in [1.165, 1.54) is 25.1 Å². The molecule has 1 rings (SSSR count). The van der Waals surface area contributed by atoms with Gasteiger partial charge in [0.15, 0.2) is 6.10 Å². The van der Waals surface area contributed by atoms with Crippen LogP contribution in [0.1, 0.15) is 13.8 Å². The average Bonchev–Trinajstić information content (AvgIpc) is 2.29. The highest BCUT2D eigenvalue weighted by atomic mass is 19.1. The maximum Gasteiger partial charge on any atom is 0.321 e. The number of amides is 3. The number of hydrogen-bond donors (Lipinski definition) is 2. The summed E-state index contributed by atoms with van der Waals surface area (Å²) >= 11 is 0. The molecule has 0 unspecified atom stereocenters. The summed E-state index contributed by atoms with van der Waals surface area (Å²) < 4.78 is 18.1. The van der Waals surface area contributed by atoms with Crippen molar-refractivity contribution in [3.05, 3.63) is 30.1 Å². The van der Waals surface area contributed by atoms with Crippen LogP contribution in [-0.2, 0) is 4.79 Å². The van der Waals surface area contributed by atoms with E-state index in [4.69, 9.17) is 4.74 Å². The van der Waals surface area contributed by atoms with Crippen molar-refractivity contribution >= 4 is 11.9 Å². The van der Waals surface area contributed by atoms with Gasteiger partial charge in [-0.1, -0.05) is 6.07 Å². The lowest BCUT2D eigenvalue weighted by Gasteiger charge is -2.14. The van der Waals surface area contributed by atoms with E-state index in [1.807, 2.05) is 0 Å². The van der Waals surface area contributed by atoms with E-state index in [0.29, 0.717) is 6.54 Å². The van der Waals surface area contributed by atoms with E-state index >= 15 is 0 Å². The molecule has 0 fully saturated rings. The van der Waals surface area contributed by atoms with Gasteiger partial charge in [-0.3, -0.25) is 10.1 Å². The van der Waals surface area contributed by atoms with Crippen LogP contribution in [0.25, 0.3) is 0 Å². The highest BCUT2D eigenvalue weighted by molar-refractivity contribution is 5.96. The second-order valence-corrected chi connectivity index (χ2v) is 3.57. The molecule has 5 nitrogen and oxygen atoms in total. The molecule has 98 valence electrons. The van der Waals surface area contributed by atoms with Crippen molar-refractivity contribution in [2.24, 2.45) is 0 Å². The summed E-state index contributed by atoms with van der Waals surface area (Å²) in [5, 5.41) is 4.53. The number of rotatable bonds is 4. The fourth-order valence-electron chi connectivity index (χ4n) is 1.22. The number of ether oxygens (including phenoxy) is 1. The molecule has 3 amide bonds. The summed E-state index contributed by atoms with van der Waals surface area (Å²) in [6, 6.07) is 4.84. The van der Waals surface area contributed by atoms with Crippen LogP contribution in [0.5, 0.6) is 5.75 Å². The van der Waals surface area contributed by atoms with E-state index in [-0.39, 0.29) is 5.75 Å². The van der Waals surface area contributed by atoms with Gasteiger partial charge in [0.25, 0.3) is 5.91 Å². The second kappa shape index (κ2) is 6.58. The highest BCUT2D eigenvalue weighted by Crippen LogP contribution is 2.13. The lowest BCUT2D eigenvalue weighted by Crippen LogP contribution is -2.45. The molecule has 0 saturated carbocycles. The molecule has 1 atom stereocenters. The van der Waals surface area contributed by atoms with Crippen molar-refractivity contribution in [1.29, 1.82) is 0 Å². The number of imide groups is 1. The van der Waals surface area contributed by atoms with E-state index in [0.717, 1.165) is 6.07 Å². The summed E-state index contributed by atoms with van der Waals surface area (Å²) in [4.78, 5) is 22.6. The Labute approximate surface area is 104 Å². The number of urea groups is 1. The monoisotopic (exact) mass is 254 g/mol. The minimum atomic E-state index is -0.894. The van der Waals surface area contributed by atoms with Crippen molar-refractivity contribution in [3.8, 4) is 5.75 Å². The molecule has 2 N–H and O–H groups in total. The Morgan fingerprint density at radius 1 is 1.44 bits per heavy atom. The molecule has 0 saturated heterocycles. The Bertz CT molecular complexity index is 437. The zero-order valence-electron chi connectivity index (χ0n) is 10.2. The normalized spacial score (nSPS) is 11.5. The summed E-state index contributed by atoms with van der Waals surface area (Å²) in [6.45, 7) is 3.62. The topological polar surface area (TPSA) is 67.4 Å². The van der Waals surface area contributed by atoms with Crippen molar-refractivity contribution in [2.45, 2.75) is 20.0 Å². The molecule has 0 aromatic heterocycles. The molecule has 0 aliphatic carbocycles. The molecule has 0 aliphatic rings. The smallest absolute Gasteiger partial charge is 0.321 e. The third-order valence-electron chi connectivity index (χ3n) is 2.05. The van der Waals surface area contributed by atoms with Gasteiger partial charge < -0.3 is 10.1 Å². The zero-order valence-corrected chi connectivity index (χ0v) is 10.2. The predicted molar refractivity (Wildman–Crippen MR) is 63.7 cm³/mol. The average molecular weight is 254 g/mol. The Morgan fingerprint density at radius 2 is 2.17 bits per heavy atom. The van der Waals surface area contributed by atoms with Gasteiger partial charge in [-0.15, -0.1) is 0 Å². The number of halogens is 1. The number of nitrogens with one attached hydrogen (secondary N) is 2. The maximum atomic E-state index is 12.9. The largest absolute Gasteiger partial charge is 0.481 e. The first-order valence-electron chi connectivity index (χ1n) is 5.54. The van der Waals surface area contributed by atoms with Crippen LogP contribution in [-0.4, -0.2) is 24.6 Å². The van der Waals surface area contributed by atoms with Crippen LogP contribution >= 0.6 is 0 Å². The molecule has 0 heterocycles. The van der Waals surface area contributed by atoms with Gasteiger partial charge in [0.2, 0.25) is 0 Å². The molecule has 6 heteroatoms. The van der Waals surface area contributed by atoms with Gasteiger partial charge >= 0.3 is 6.03 Å². The van der Waals surface area contributed by atoms with Crippen LogP contribution in [0.4, 0.5) is 9.18 Å². The summed E-state index contributed by atoms with van der Waals surface area (Å²) in [7, 11) is 0. The van der Waals surface area contributed by atoms with Gasteiger partial charge in [-0.2, -0.15) is 0 Å². The van der Waals surface area contributed by atoms with Gasteiger partial charge in [-0.25, -0.2) is 9.18 Å². The number of benzene rings is 1. The van der Waals surface area contributed by atoms with E-state index in [9.17, 15) is 14.0 Å². The maximum absolute atomic E-state index is 12.9. The minimum absolute atomic E-state index is 0.230. The van der Waals surface area contributed by atoms with Crippen molar-refractivity contribution < 1.29 is 18.7 Å². The SMILES string of the molecule is CCNC(=O)NC(=O)[C@H](C)Oc1cccc(F)c1. The third kappa shape index (κ3) is 4.40. The lowest BCUT2D eigenvalue weighted by atomic mass is 10.3. The van der Waals surface area contributed by atoms with Gasteiger partial charge in [0.1, 0.15) is 11.6 Å². The van der Waals surface area contributed by atoms with E-state index < -0.39 is 23.9 Å². The molecule has 0 aliphatic heterocycles. The third-order valence-corrected chi connectivity index (χ3v) is 2.05. The Hall–Kier alpha value is -2.11. The Kier molecular flexibility index (Phi) is 5.10. The van der Waals surface area contributed by atoms with Crippen LogP contribution in [0.2, 0.25) is 0 Å². The number of carbonyl (C=O) groups is 2. The molecule has 1 aromatic carbocycles. The number of carbonyl (C=O) groups excluding carboxylic acids is 2. The predicted octanol–water partition coefficient (Wildman–Crippen LogP) is 1.44. The van der Waals surface area contributed by atoms with Crippen LogP contribution < -0.4 is 15.4 Å². The molecule has 18 heavy (non-hydrogen) atoms. The quantitative estimate of drug-likeness (QED) is 0.854. The van der Waals surface area contributed by atoms with Gasteiger partial charge in [0, 0.05) is 12.6 Å². The van der Waals surface area contributed by atoms with Crippen LogP contribution in [0.15, 0.2) is 24.3 Å². The van der Waals surface area contributed by atoms with Crippen molar-refractivity contribution in [2.75, 3.05) is 6.54 Å². The summed E-state index contributed by atoms with van der Waals surface area (Å²) in [5.41, 5.74) is 0. The van der Waals surface area contributed by atoms with E-state index in [2.05, 4.69) is 10.6 Å². The highest BCUT2D eigenvalue weighted by Gasteiger charge is 2.17. The van der Waals surface area contributed by atoms with Gasteiger partial charge in [-0.05, 0) is 26.0 Å². The number of hydrogen-bond acceptors (Lipinski definition) is 3. The molecule has 1 aromatic rings. The standard InChI is InChI=1S/C12H15FN2O3/c1-3-14-12(17)15-11(16)8(2)18-10-6-4-5-9(13)7-10/h4-8H,3H2,1-2H3,(H2,14,15,16,17)/t8-/m0/s1. The van der Waals surface area contributed by atoms with Crippen LogP contribution in [0, 0.1) is 5.82 Å². The first-order valence-corrected chi connectivity index (χ1v) is 5.54. The Morgan fingerprint density at radius 3 is 2.78 bits per heavy atom. The van der Waals surface area contributed by atoms with Crippen molar-refractivity contribution in [3.63, 3.8) is 0 Å². The minimum Gasteiger partial charge on any atom is -0.481 e. The fourth-order valence-corrected chi connectivity index (χ4v) is 1.22. The fraction of sp³-hybridized carbons (Fsp3) is 0.333. The molecule has 0 bridgehead atoms. The second-order valence-electron chi connectivity index (χ2n) is 3.57. The first-order chi connectivity index (χ1) is 8.52. The van der Waals surface area contributed by atoms with Crippen molar-refractivity contribution in [1.82, 2.24) is 10.6 Å². The zero-order chi connectivity index (χ0) is 13.5. The molecular weight excluding hydrogens is 239 g/mol. The van der Waals surface area contributed by atoms with E-state index in [1.54, 1.807) is 6.92 Å².